The number of hydrogen-bond donors (Lipinski definition) is 1. The maximum Gasteiger partial charge on any atom is 0.338 e. The molecule has 1 N–H and O–H groups in total. The minimum Gasteiger partial charge on any atom is -0.497 e. The average molecular weight is 266 g/mol. The summed E-state index contributed by atoms with van der Waals surface area (Å²) in [5, 5.41) is 0. The average Bonchev–Trinajstić information content (AvgIpc) is 2.37. The van der Waals surface area contributed by atoms with Crippen molar-refractivity contribution >= 4 is 5.97 Å². The van der Waals surface area contributed by atoms with Crippen molar-refractivity contribution in [3.63, 3.8) is 0 Å². The first-order valence-corrected chi connectivity index (χ1v) is 6.48. The van der Waals surface area contributed by atoms with Gasteiger partial charge in [0.15, 0.2) is 0 Å². The van der Waals surface area contributed by atoms with Crippen LogP contribution in [0.1, 0.15) is 31.1 Å². The number of carbonyl (C=O) groups is 1. The van der Waals surface area contributed by atoms with Gasteiger partial charge in [-0.3, -0.25) is 0 Å². The number of quaternary nitrogens is 1. The van der Waals surface area contributed by atoms with E-state index in [0.717, 1.165) is 12.3 Å². The molecule has 0 fully saturated rings. The van der Waals surface area contributed by atoms with Crippen LogP contribution in [0.3, 0.4) is 0 Å². The van der Waals surface area contributed by atoms with Gasteiger partial charge in [-0.1, -0.05) is 0 Å². The van der Waals surface area contributed by atoms with Crippen molar-refractivity contribution in [1.82, 2.24) is 0 Å². The first kappa shape index (κ1) is 15.5. The number of ether oxygens (including phenoxy) is 2. The molecule has 1 rings (SSSR count). The number of benzene rings is 1. The summed E-state index contributed by atoms with van der Waals surface area (Å²) in [5.74, 6) is 0.442. The van der Waals surface area contributed by atoms with Crippen LogP contribution < -0.4 is 9.64 Å². The van der Waals surface area contributed by atoms with Gasteiger partial charge in [0, 0.05) is 0 Å². The molecule has 19 heavy (non-hydrogen) atoms. The fraction of sp³-hybridized carbons (Fsp3) is 0.533. The van der Waals surface area contributed by atoms with E-state index < -0.39 is 0 Å². The van der Waals surface area contributed by atoms with Gasteiger partial charge in [-0.25, -0.2) is 4.79 Å². The number of methoxy groups -OCH3 is 1. The van der Waals surface area contributed by atoms with Gasteiger partial charge in [-0.05, 0) is 45.0 Å². The van der Waals surface area contributed by atoms with Crippen LogP contribution in [-0.2, 0) is 4.74 Å². The lowest BCUT2D eigenvalue weighted by Crippen LogP contribution is -3.16. The lowest BCUT2D eigenvalue weighted by molar-refractivity contribution is -0.927. The largest absolute Gasteiger partial charge is 0.497 e. The van der Waals surface area contributed by atoms with Crippen molar-refractivity contribution in [2.75, 3.05) is 27.3 Å². The molecule has 4 nitrogen and oxygen atoms in total. The molecule has 0 radical (unpaired) electrons. The predicted molar refractivity (Wildman–Crippen MR) is 74.8 cm³/mol. The minimum atomic E-state index is -0.288. The highest BCUT2D eigenvalue weighted by molar-refractivity contribution is 5.89. The molecular formula is C15H24NO3+. The van der Waals surface area contributed by atoms with Crippen LogP contribution in [0, 0.1) is 0 Å². The molecule has 0 aliphatic heterocycles. The molecule has 4 heteroatoms. The van der Waals surface area contributed by atoms with Crippen molar-refractivity contribution < 1.29 is 19.2 Å². The molecule has 1 atom stereocenters. The van der Waals surface area contributed by atoms with Crippen LogP contribution in [0.4, 0.5) is 0 Å². The Balaban J connectivity index is 2.43. The molecular weight excluding hydrogens is 242 g/mol. The highest BCUT2D eigenvalue weighted by Crippen LogP contribution is 2.11. The molecule has 0 bridgehead atoms. The zero-order chi connectivity index (χ0) is 14.5. The van der Waals surface area contributed by atoms with Crippen LogP contribution in [0.5, 0.6) is 5.75 Å². The Morgan fingerprint density at radius 1 is 1.21 bits per heavy atom. The van der Waals surface area contributed by atoms with Gasteiger partial charge in [-0.15, -0.1) is 0 Å². The Morgan fingerprint density at radius 3 is 2.26 bits per heavy atom. The van der Waals surface area contributed by atoms with Crippen molar-refractivity contribution in [2.45, 2.75) is 26.3 Å². The third-order valence-electron chi connectivity index (χ3n) is 3.32. The summed E-state index contributed by atoms with van der Waals surface area (Å²) in [5.41, 5.74) is 0.709. The lowest BCUT2D eigenvalue weighted by Gasteiger charge is -2.28. The number of nitrogens with one attached hydrogen (secondary N) is 1. The number of carbonyl (C=O) groups excluding carboxylic acids is 1. The SMILES string of the molecule is COc1ccc(C(=O)OCC[NH+](C)C(C)(C)C)cc1. The predicted octanol–water partition coefficient (Wildman–Crippen LogP) is 1.17. The van der Waals surface area contributed by atoms with E-state index in [0.29, 0.717) is 12.2 Å². The number of likely N-dealkylation sites (N-methyl/N-ethyl adjacent to an activating group) is 1. The van der Waals surface area contributed by atoms with Gasteiger partial charge in [0.25, 0.3) is 0 Å². The lowest BCUT2D eigenvalue weighted by atomic mass is 10.1. The quantitative estimate of drug-likeness (QED) is 0.813. The highest BCUT2D eigenvalue weighted by atomic mass is 16.5. The Morgan fingerprint density at radius 2 is 1.79 bits per heavy atom. The zero-order valence-corrected chi connectivity index (χ0v) is 12.4. The van der Waals surface area contributed by atoms with Gasteiger partial charge in [0.1, 0.15) is 18.9 Å². The van der Waals surface area contributed by atoms with E-state index in [9.17, 15) is 4.79 Å². The first-order valence-electron chi connectivity index (χ1n) is 6.48. The Kier molecular flexibility index (Phi) is 5.36. The molecule has 0 spiro atoms. The molecule has 0 heterocycles. The number of esters is 1. The summed E-state index contributed by atoms with van der Waals surface area (Å²) in [6.45, 7) is 7.70. The number of hydrogen-bond acceptors (Lipinski definition) is 3. The Bertz CT molecular complexity index is 406. The van der Waals surface area contributed by atoms with Crippen LogP contribution >= 0.6 is 0 Å². The third-order valence-corrected chi connectivity index (χ3v) is 3.32. The molecule has 0 saturated heterocycles. The normalized spacial score (nSPS) is 12.9. The number of rotatable bonds is 5. The van der Waals surface area contributed by atoms with Crippen LogP contribution in [0.25, 0.3) is 0 Å². The molecule has 0 amide bonds. The van der Waals surface area contributed by atoms with E-state index in [-0.39, 0.29) is 11.5 Å². The van der Waals surface area contributed by atoms with Crippen molar-refractivity contribution in [2.24, 2.45) is 0 Å². The second-order valence-corrected chi connectivity index (χ2v) is 5.64. The van der Waals surface area contributed by atoms with Crippen LogP contribution in [0.15, 0.2) is 24.3 Å². The van der Waals surface area contributed by atoms with E-state index >= 15 is 0 Å². The summed E-state index contributed by atoms with van der Waals surface area (Å²) in [4.78, 5) is 13.1. The van der Waals surface area contributed by atoms with E-state index in [1.165, 1.54) is 4.90 Å². The van der Waals surface area contributed by atoms with Crippen molar-refractivity contribution in [3.8, 4) is 5.75 Å². The fourth-order valence-electron chi connectivity index (χ4n) is 1.48. The summed E-state index contributed by atoms with van der Waals surface area (Å²) < 4.78 is 10.3. The Hall–Kier alpha value is -1.55. The molecule has 0 aliphatic rings. The smallest absolute Gasteiger partial charge is 0.338 e. The fourth-order valence-corrected chi connectivity index (χ4v) is 1.48. The monoisotopic (exact) mass is 266 g/mol. The summed E-state index contributed by atoms with van der Waals surface area (Å²) >= 11 is 0. The van der Waals surface area contributed by atoms with Gasteiger partial charge in [0.2, 0.25) is 0 Å². The van der Waals surface area contributed by atoms with Crippen molar-refractivity contribution in [3.05, 3.63) is 29.8 Å². The highest BCUT2D eigenvalue weighted by Gasteiger charge is 2.20. The first-order chi connectivity index (χ1) is 8.84. The third kappa shape index (κ3) is 4.91. The van der Waals surface area contributed by atoms with Gasteiger partial charge < -0.3 is 14.4 Å². The maximum absolute atomic E-state index is 11.8. The van der Waals surface area contributed by atoms with Gasteiger partial charge >= 0.3 is 5.97 Å². The second-order valence-electron chi connectivity index (χ2n) is 5.64. The summed E-state index contributed by atoms with van der Waals surface area (Å²) in [7, 11) is 3.69. The maximum atomic E-state index is 11.8. The molecule has 0 aliphatic carbocycles. The van der Waals surface area contributed by atoms with Gasteiger partial charge in [0.05, 0.1) is 25.3 Å². The Labute approximate surface area is 115 Å². The van der Waals surface area contributed by atoms with E-state index in [4.69, 9.17) is 9.47 Å². The topological polar surface area (TPSA) is 40.0 Å². The molecule has 1 unspecified atom stereocenters. The zero-order valence-electron chi connectivity index (χ0n) is 12.4. The molecule has 0 aromatic heterocycles. The summed E-state index contributed by atoms with van der Waals surface area (Å²) in [6, 6.07) is 6.93. The molecule has 106 valence electrons. The second kappa shape index (κ2) is 6.57. The molecule has 0 saturated carbocycles. The van der Waals surface area contributed by atoms with Crippen LogP contribution in [0.2, 0.25) is 0 Å². The standard InChI is InChI=1S/C15H23NO3/c1-15(2,3)16(4)10-11-19-14(17)12-6-8-13(18-5)9-7-12/h6-9H,10-11H2,1-5H3/p+1. The van der Waals surface area contributed by atoms with E-state index in [2.05, 4.69) is 27.8 Å². The van der Waals surface area contributed by atoms with E-state index in [1.807, 2.05) is 0 Å². The van der Waals surface area contributed by atoms with Crippen molar-refractivity contribution in [1.29, 1.82) is 0 Å². The summed E-state index contributed by atoms with van der Waals surface area (Å²) in [6.07, 6.45) is 0. The molecule has 1 aromatic rings. The van der Waals surface area contributed by atoms with Crippen LogP contribution in [-0.4, -0.2) is 38.8 Å². The van der Waals surface area contributed by atoms with E-state index in [1.54, 1.807) is 31.4 Å². The van der Waals surface area contributed by atoms with Gasteiger partial charge in [-0.2, -0.15) is 0 Å². The molecule has 1 aromatic carbocycles. The minimum absolute atomic E-state index is 0.159.